The molecule has 1 unspecified atom stereocenters. The van der Waals surface area contributed by atoms with Crippen LogP contribution in [-0.4, -0.2) is 0 Å². The monoisotopic (exact) mass is 429 g/mol. The summed E-state index contributed by atoms with van der Waals surface area (Å²) in [6.07, 6.45) is 16.4. The molecule has 6 rings (SSSR count). The first kappa shape index (κ1) is 19.9. The van der Waals surface area contributed by atoms with E-state index in [1.54, 1.807) is 0 Å². The van der Waals surface area contributed by atoms with E-state index >= 15 is 0 Å². The Hall–Kier alpha value is -3.78. The number of hydrogen-bond donors (Lipinski definition) is 1. The maximum absolute atomic E-state index is 6.13. The van der Waals surface area contributed by atoms with E-state index in [2.05, 4.69) is 78.2 Å². The van der Waals surface area contributed by atoms with Gasteiger partial charge in [0.2, 0.25) is 0 Å². The second-order valence-corrected chi connectivity index (χ2v) is 8.87. The molecule has 162 valence electrons. The van der Waals surface area contributed by atoms with Crippen LogP contribution in [0.5, 0.6) is 0 Å². The van der Waals surface area contributed by atoms with Crippen molar-refractivity contribution < 1.29 is 4.74 Å². The number of hydrogen-bond acceptors (Lipinski definition) is 2. The minimum Gasteiger partial charge on any atom is -0.474 e. The van der Waals surface area contributed by atoms with Crippen molar-refractivity contribution in [2.45, 2.75) is 31.8 Å². The molecule has 3 aromatic carbocycles. The van der Waals surface area contributed by atoms with Crippen LogP contribution in [0.1, 0.15) is 35.4 Å². The lowest BCUT2D eigenvalue weighted by Crippen LogP contribution is -2.37. The summed E-state index contributed by atoms with van der Waals surface area (Å²) < 4.78 is 6.13. The zero-order chi connectivity index (χ0) is 22.0. The topological polar surface area (TPSA) is 21.3 Å². The van der Waals surface area contributed by atoms with Gasteiger partial charge in [-0.25, -0.2) is 0 Å². The molecule has 2 aliphatic carbocycles. The molecule has 0 saturated carbocycles. The maximum atomic E-state index is 6.13. The first-order chi connectivity index (χ1) is 16.4. The van der Waals surface area contributed by atoms with Crippen LogP contribution in [0.4, 0.5) is 0 Å². The van der Waals surface area contributed by atoms with E-state index < -0.39 is 0 Å². The lowest BCUT2D eigenvalue weighted by Gasteiger charge is -2.27. The van der Waals surface area contributed by atoms with Crippen molar-refractivity contribution in [3.63, 3.8) is 0 Å². The van der Waals surface area contributed by atoms with E-state index in [1.807, 2.05) is 30.4 Å². The van der Waals surface area contributed by atoms with Crippen LogP contribution in [0.25, 0.3) is 23.3 Å². The van der Waals surface area contributed by atoms with Gasteiger partial charge < -0.3 is 10.1 Å². The molecule has 0 fully saturated rings. The average Bonchev–Trinajstić information content (AvgIpc) is 3.13. The van der Waals surface area contributed by atoms with Gasteiger partial charge in [-0.05, 0) is 69.7 Å². The largest absolute Gasteiger partial charge is 0.474 e. The summed E-state index contributed by atoms with van der Waals surface area (Å²) in [5.74, 6) is 1.13. The molecular weight excluding hydrogens is 402 g/mol. The summed E-state index contributed by atoms with van der Waals surface area (Å²) in [7, 11) is 0. The van der Waals surface area contributed by atoms with Crippen molar-refractivity contribution in [2.75, 3.05) is 0 Å². The molecular formula is C31H27NO. The fourth-order valence-corrected chi connectivity index (χ4v) is 5.24. The van der Waals surface area contributed by atoms with E-state index in [4.69, 9.17) is 4.74 Å². The third kappa shape index (κ3) is 3.82. The number of nitrogens with one attached hydrogen (secondary N) is 1. The van der Waals surface area contributed by atoms with Gasteiger partial charge in [0.05, 0.1) is 0 Å². The quantitative estimate of drug-likeness (QED) is 0.596. The fourth-order valence-electron chi connectivity index (χ4n) is 5.24. The molecule has 0 aromatic heterocycles. The Morgan fingerprint density at radius 2 is 1.64 bits per heavy atom. The normalized spacial score (nSPS) is 18.1. The van der Waals surface area contributed by atoms with Crippen LogP contribution in [0.15, 0.2) is 103 Å². The van der Waals surface area contributed by atoms with E-state index in [-0.39, 0.29) is 0 Å². The summed E-state index contributed by atoms with van der Waals surface area (Å²) >= 11 is 0. The van der Waals surface area contributed by atoms with Crippen LogP contribution in [0.3, 0.4) is 0 Å². The predicted octanol–water partition coefficient (Wildman–Crippen LogP) is 5.45. The van der Waals surface area contributed by atoms with Gasteiger partial charge in [0, 0.05) is 11.6 Å². The molecule has 1 heterocycles. The van der Waals surface area contributed by atoms with Crippen molar-refractivity contribution in [1.82, 2.24) is 5.32 Å². The second kappa shape index (κ2) is 8.63. The molecule has 0 bridgehead atoms. The van der Waals surface area contributed by atoms with Gasteiger partial charge in [-0.2, -0.15) is 0 Å². The molecule has 1 atom stereocenters. The number of benzene rings is 3. The summed E-state index contributed by atoms with van der Waals surface area (Å²) in [6.45, 7) is 0.553. The minimum absolute atomic E-state index is 0.326. The summed E-state index contributed by atoms with van der Waals surface area (Å²) in [6, 6.07) is 23.8. The Labute approximate surface area is 194 Å². The zero-order valence-electron chi connectivity index (χ0n) is 18.6. The smallest absolute Gasteiger partial charge is 0.191 e. The standard InChI is InChI=1S/C31H27NO/c1-2-9-22(10-3-1)21-33-31-16-7-6-15-30(32-31)29-14-8-13-25-27-18-17-23-11-4-5-12-24(23)26(27)19-20-28(25)29/h1-7,9-13,15-16,18-20,29,32H,8,14,17,21H2. The van der Waals surface area contributed by atoms with Crippen molar-refractivity contribution in [2.24, 2.45) is 0 Å². The van der Waals surface area contributed by atoms with Gasteiger partial charge in [-0.1, -0.05) is 91.0 Å². The molecule has 1 N–H and O–H groups in total. The first-order valence-electron chi connectivity index (χ1n) is 11.8. The SMILES string of the molecule is C1=CC=C(C2CCC=c3c2ccc2c3=CCc3ccccc3-2)NC(OCc2ccccc2)=C1. The predicted molar refractivity (Wildman–Crippen MR) is 135 cm³/mol. The minimum atomic E-state index is 0.326. The third-order valence-corrected chi connectivity index (χ3v) is 6.85. The molecule has 33 heavy (non-hydrogen) atoms. The molecule has 3 aliphatic rings. The van der Waals surface area contributed by atoms with Crippen LogP contribution >= 0.6 is 0 Å². The van der Waals surface area contributed by atoms with Crippen LogP contribution in [-0.2, 0) is 17.8 Å². The first-order valence-corrected chi connectivity index (χ1v) is 11.8. The Morgan fingerprint density at radius 1 is 0.788 bits per heavy atom. The van der Waals surface area contributed by atoms with Gasteiger partial charge in [0.15, 0.2) is 5.88 Å². The lowest BCUT2D eigenvalue weighted by atomic mass is 9.81. The van der Waals surface area contributed by atoms with E-state index in [0.29, 0.717) is 12.5 Å². The summed E-state index contributed by atoms with van der Waals surface area (Å²) in [4.78, 5) is 0. The second-order valence-electron chi connectivity index (χ2n) is 8.87. The van der Waals surface area contributed by atoms with Crippen LogP contribution < -0.4 is 15.8 Å². The van der Waals surface area contributed by atoms with Crippen molar-refractivity contribution in [1.29, 1.82) is 0 Å². The van der Waals surface area contributed by atoms with Gasteiger partial charge in [0.1, 0.15) is 6.61 Å². The molecule has 1 aliphatic heterocycles. The highest BCUT2D eigenvalue weighted by atomic mass is 16.5. The number of ether oxygens (including phenoxy) is 1. The number of fused-ring (bicyclic) bond motifs is 5. The highest BCUT2D eigenvalue weighted by molar-refractivity contribution is 5.74. The van der Waals surface area contributed by atoms with E-state index in [9.17, 15) is 0 Å². The molecule has 0 radical (unpaired) electrons. The molecule has 0 saturated heterocycles. The number of allylic oxidation sites excluding steroid dienone is 5. The van der Waals surface area contributed by atoms with Gasteiger partial charge in [-0.3, -0.25) is 0 Å². The Bertz CT molecular complexity index is 1410. The highest BCUT2D eigenvalue weighted by Crippen LogP contribution is 2.32. The lowest BCUT2D eigenvalue weighted by molar-refractivity contribution is 0.182. The fraction of sp³-hybridized carbons (Fsp3) is 0.161. The molecule has 3 aromatic rings. The highest BCUT2D eigenvalue weighted by Gasteiger charge is 2.24. The van der Waals surface area contributed by atoms with E-state index in [1.165, 1.54) is 44.0 Å². The molecule has 0 amide bonds. The van der Waals surface area contributed by atoms with E-state index in [0.717, 1.165) is 25.1 Å². The average molecular weight is 430 g/mol. The van der Waals surface area contributed by atoms with Gasteiger partial charge in [-0.15, -0.1) is 0 Å². The Morgan fingerprint density at radius 3 is 2.58 bits per heavy atom. The van der Waals surface area contributed by atoms with Crippen molar-refractivity contribution in [3.05, 3.63) is 130 Å². The van der Waals surface area contributed by atoms with Crippen LogP contribution in [0, 0.1) is 0 Å². The van der Waals surface area contributed by atoms with Crippen molar-refractivity contribution in [3.8, 4) is 11.1 Å². The Kier molecular flexibility index (Phi) is 5.20. The molecule has 2 nitrogen and oxygen atoms in total. The number of rotatable bonds is 4. The van der Waals surface area contributed by atoms with Gasteiger partial charge in [0.25, 0.3) is 0 Å². The third-order valence-electron chi connectivity index (χ3n) is 6.85. The Balaban J connectivity index is 1.30. The summed E-state index contributed by atoms with van der Waals surface area (Å²) in [5.41, 5.74) is 7.94. The van der Waals surface area contributed by atoms with Crippen molar-refractivity contribution >= 4 is 12.2 Å². The molecule has 2 heteroatoms. The maximum Gasteiger partial charge on any atom is 0.191 e. The van der Waals surface area contributed by atoms with Crippen LogP contribution in [0.2, 0.25) is 0 Å². The van der Waals surface area contributed by atoms with Gasteiger partial charge >= 0.3 is 0 Å². The molecule has 0 spiro atoms. The zero-order valence-corrected chi connectivity index (χ0v) is 18.6. The summed E-state index contributed by atoms with van der Waals surface area (Å²) in [5, 5.41) is 6.41.